The molecule has 2 aliphatic rings. The monoisotopic (exact) mass is 438 g/mol. The minimum Gasteiger partial charge on any atom is -0.492 e. The zero-order chi connectivity index (χ0) is 22.3. The molecule has 1 aliphatic carbocycles. The molecular weight excluding hydrogens is 408 g/mol. The largest absolute Gasteiger partial charge is 0.492 e. The van der Waals surface area contributed by atoms with E-state index in [0.29, 0.717) is 48.3 Å². The van der Waals surface area contributed by atoms with E-state index in [2.05, 4.69) is 5.32 Å². The smallest absolute Gasteiger partial charge is 0.259 e. The van der Waals surface area contributed by atoms with E-state index in [-0.39, 0.29) is 24.4 Å². The molecule has 1 saturated carbocycles. The molecule has 7 heteroatoms. The average molecular weight is 439 g/mol. The number of benzene rings is 2. The molecule has 7 nitrogen and oxygen atoms in total. The number of rotatable bonds is 7. The maximum absolute atomic E-state index is 13.6. The van der Waals surface area contributed by atoms with Crippen molar-refractivity contribution >= 4 is 17.5 Å². The molecule has 1 N–H and O–H groups in total. The summed E-state index contributed by atoms with van der Waals surface area (Å²) in [5.41, 5.74) is 0.985. The summed E-state index contributed by atoms with van der Waals surface area (Å²) in [6, 6.07) is 12.6. The second kappa shape index (κ2) is 10.4. The number of fused-ring (bicyclic) bond motifs is 1. The number of hydrogen-bond acceptors (Lipinski definition) is 5. The summed E-state index contributed by atoms with van der Waals surface area (Å²) in [5.74, 6) is 1.24. The number of nitrogens with one attached hydrogen (secondary N) is 1. The Bertz CT molecular complexity index is 955. The van der Waals surface area contributed by atoms with Crippen LogP contribution in [0.5, 0.6) is 17.2 Å². The summed E-state index contributed by atoms with van der Waals surface area (Å²) in [6.45, 7) is 3.17. The molecule has 1 fully saturated rings. The first-order chi connectivity index (χ1) is 15.7. The molecule has 0 spiro atoms. The highest BCUT2D eigenvalue weighted by molar-refractivity contribution is 6.09. The zero-order valence-electron chi connectivity index (χ0n) is 18.5. The molecule has 1 heterocycles. The molecule has 170 valence electrons. The Morgan fingerprint density at radius 2 is 1.78 bits per heavy atom. The molecule has 2 aromatic rings. The van der Waals surface area contributed by atoms with Gasteiger partial charge in [-0.2, -0.15) is 0 Å². The van der Waals surface area contributed by atoms with Gasteiger partial charge in [0, 0.05) is 11.6 Å². The topological polar surface area (TPSA) is 77.1 Å². The fraction of sp³-hybridized carbons (Fsp3) is 0.440. The van der Waals surface area contributed by atoms with Crippen LogP contribution in [0.3, 0.4) is 0 Å². The van der Waals surface area contributed by atoms with Crippen LogP contribution in [0.25, 0.3) is 0 Å². The molecule has 0 unspecified atom stereocenters. The van der Waals surface area contributed by atoms with E-state index in [1.807, 2.05) is 25.1 Å². The van der Waals surface area contributed by atoms with Crippen molar-refractivity contribution in [2.75, 3.05) is 31.3 Å². The van der Waals surface area contributed by atoms with Gasteiger partial charge in [0.25, 0.3) is 5.91 Å². The van der Waals surface area contributed by atoms with Crippen molar-refractivity contribution in [2.45, 2.75) is 45.1 Å². The van der Waals surface area contributed by atoms with Gasteiger partial charge in [0.1, 0.15) is 25.5 Å². The molecule has 0 atom stereocenters. The molecule has 0 saturated heterocycles. The van der Waals surface area contributed by atoms with Crippen LogP contribution in [0.1, 0.15) is 49.4 Å². The number of carbonyl (C=O) groups is 2. The van der Waals surface area contributed by atoms with Crippen molar-refractivity contribution in [3.63, 3.8) is 0 Å². The van der Waals surface area contributed by atoms with Gasteiger partial charge in [0.2, 0.25) is 5.91 Å². The number of nitrogens with zero attached hydrogens (tertiary/aromatic N) is 1. The maximum atomic E-state index is 13.6. The Morgan fingerprint density at radius 3 is 2.56 bits per heavy atom. The highest BCUT2D eigenvalue weighted by Gasteiger charge is 2.26. The van der Waals surface area contributed by atoms with Crippen LogP contribution < -0.4 is 24.4 Å². The Morgan fingerprint density at radius 1 is 1.03 bits per heavy atom. The molecule has 0 aromatic heterocycles. The number of amides is 2. The van der Waals surface area contributed by atoms with Crippen LogP contribution >= 0.6 is 0 Å². The molecule has 2 amide bonds. The van der Waals surface area contributed by atoms with E-state index in [4.69, 9.17) is 14.2 Å². The van der Waals surface area contributed by atoms with Crippen LogP contribution in [0, 0.1) is 0 Å². The Hall–Kier alpha value is -3.22. The molecule has 32 heavy (non-hydrogen) atoms. The minimum atomic E-state index is -0.298. The highest BCUT2D eigenvalue weighted by atomic mass is 16.6. The van der Waals surface area contributed by atoms with Crippen molar-refractivity contribution in [1.29, 1.82) is 0 Å². The lowest BCUT2D eigenvalue weighted by Crippen LogP contribution is -2.45. The first-order valence-electron chi connectivity index (χ1n) is 11.4. The minimum absolute atomic E-state index is 0.0894. The Kier molecular flexibility index (Phi) is 7.14. The average Bonchev–Trinajstić information content (AvgIpc) is 2.83. The van der Waals surface area contributed by atoms with Gasteiger partial charge in [-0.3, -0.25) is 14.5 Å². The van der Waals surface area contributed by atoms with E-state index < -0.39 is 0 Å². The summed E-state index contributed by atoms with van der Waals surface area (Å²) >= 11 is 0. The highest BCUT2D eigenvalue weighted by Crippen LogP contribution is 2.33. The molecule has 0 radical (unpaired) electrons. The van der Waals surface area contributed by atoms with Crippen molar-refractivity contribution in [2.24, 2.45) is 0 Å². The summed E-state index contributed by atoms with van der Waals surface area (Å²) in [5, 5.41) is 3.11. The number of carbonyl (C=O) groups excluding carboxylic acids is 2. The Labute approximate surface area is 188 Å². The van der Waals surface area contributed by atoms with Gasteiger partial charge in [-0.15, -0.1) is 0 Å². The molecule has 4 rings (SSSR count). The van der Waals surface area contributed by atoms with Crippen LogP contribution in [0.4, 0.5) is 5.69 Å². The van der Waals surface area contributed by atoms with Gasteiger partial charge in [0.15, 0.2) is 11.5 Å². The fourth-order valence-electron chi connectivity index (χ4n) is 4.22. The standard InChI is InChI=1S/C25H30N2O5/c1-2-30-21-11-7-6-10-20(21)27(17-24(28)26-19-8-4-3-5-9-19)25(29)18-12-13-22-23(16-18)32-15-14-31-22/h6-7,10-13,16,19H,2-5,8-9,14-15,17H2,1H3,(H,26,28). The van der Waals surface area contributed by atoms with Crippen molar-refractivity contribution < 1.29 is 23.8 Å². The third-order valence-electron chi connectivity index (χ3n) is 5.76. The second-order valence-electron chi connectivity index (χ2n) is 8.05. The molecule has 1 aliphatic heterocycles. The second-order valence-corrected chi connectivity index (χ2v) is 8.05. The van der Waals surface area contributed by atoms with Crippen molar-refractivity contribution in [1.82, 2.24) is 5.32 Å². The summed E-state index contributed by atoms with van der Waals surface area (Å²) in [4.78, 5) is 28.0. The summed E-state index contributed by atoms with van der Waals surface area (Å²) in [6.07, 6.45) is 5.42. The van der Waals surface area contributed by atoms with Gasteiger partial charge >= 0.3 is 0 Å². The van der Waals surface area contributed by atoms with Crippen LogP contribution in [0.15, 0.2) is 42.5 Å². The predicted molar refractivity (Wildman–Crippen MR) is 122 cm³/mol. The fourth-order valence-corrected chi connectivity index (χ4v) is 4.22. The van der Waals surface area contributed by atoms with Crippen LogP contribution in [-0.4, -0.2) is 44.2 Å². The van der Waals surface area contributed by atoms with E-state index in [0.717, 1.165) is 25.7 Å². The third kappa shape index (κ3) is 5.15. The third-order valence-corrected chi connectivity index (χ3v) is 5.76. The predicted octanol–water partition coefficient (Wildman–Crippen LogP) is 3.95. The molecule has 0 bridgehead atoms. The molecule has 2 aromatic carbocycles. The van der Waals surface area contributed by atoms with E-state index in [1.54, 1.807) is 24.3 Å². The van der Waals surface area contributed by atoms with Gasteiger partial charge in [-0.05, 0) is 50.1 Å². The quantitative estimate of drug-likeness (QED) is 0.708. The molecular formula is C25H30N2O5. The summed E-state index contributed by atoms with van der Waals surface area (Å²) < 4.78 is 17.0. The van der Waals surface area contributed by atoms with E-state index in [9.17, 15) is 9.59 Å². The number of hydrogen-bond donors (Lipinski definition) is 1. The van der Waals surface area contributed by atoms with Crippen molar-refractivity contribution in [3.8, 4) is 17.2 Å². The lowest BCUT2D eigenvalue weighted by Gasteiger charge is -2.27. The first kappa shape index (κ1) is 22.0. The first-order valence-corrected chi connectivity index (χ1v) is 11.4. The van der Waals surface area contributed by atoms with E-state index >= 15 is 0 Å². The lowest BCUT2D eigenvalue weighted by atomic mass is 9.95. The SMILES string of the molecule is CCOc1ccccc1N(CC(=O)NC1CCCCC1)C(=O)c1ccc2c(c1)OCCO2. The number of anilines is 1. The van der Waals surface area contributed by atoms with Crippen LogP contribution in [0.2, 0.25) is 0 Å². The van der Waals surface area contributed by atoms with Crippen LogP contribution in [-0.2, 0) is 4.79 Å². The van der Waals surface area contributed by atoms with Gasteiger partial charge < -0.3 is 19.5 Å². The zero-order valence-corrected chi connectivity index (χ0v) is 18.5. The number of ether oxygens (including phenoxy) is 3. The van der Waals surface area contributed by atoms with Crippen molar-refractivity contribution in [3.05, 3.63) is 48.0 Å². The number of para-hydroxylation sites is 2. The van der Waals surface area contributed by atoms with Gasteiger partial charge in [0.05, 0.1) is 12.3 Å². The Balaban J connectivity index is 1.61. The van der Waals surface area contributed by atoms with E-state index in [1.165, 1.54) is 11.3 Å². The van der Waals surface area contributed by atoms with Gasteiger partial charge in [-0.25, -0.2) is 0 Å². The normalized spacial score (nSPS) is 15.7. The lowest BCUT2D eigenvalue weighted by molar-refractivity contribution is -0.120. The maximum Gasteiger partial charge on any atom is 0.259 e. The summed E-state index contributed by atoms with van der Waals surface area (Å²) in [7, 11) is 0. The van der Waals surface area contributed by atoms with Gasteiger partial charge in [-0.1, -0.05) is 31.4 Å².